The van der Waals surface area contributed by atoms with E-state index in [1.807, 2.05) is 0 Å². The van der Waals surface area contributed by atoms with Crippen molar-refractivity contribution in [3.8, 4) is 6.07 Å². The van der Waals surface area contributed by atoms with E-state index < -0.39 is 0 Å². The minimum atomic E-state index is 0.463. The molecule has 0 unspecified atom stereocenters. The standard InChI is InChI=1S/C8H10N2OS/c1-11-5-3-8-10-6-7(12-8)2-4-9/h6H,2-3,5H2,1H3. The van der Waals surface area contributed by atoms with Crippen LogP contribution in [0.15, 0.2) is 6.20 Å². The molecular weight excluding hydrogens is 172 g/mol. The molecular formula is C8H10N2OS. The van der Waals surface area contributed by atoms with E-state index in [0.717, 1.165) is 16.3 Å². The zero-order chi connectivity index (χ0) is 8.81. The molecule has 0 bridgehead atoms. The molecule has 3 nitrogen and oxygen atoms in total. The van der Waals surface area contributed by atoms with Crippen LogP contribution in [0.4, 0.5) is 0 Å². The van der Waals surface area contributed by atoms with Gasteiger partial charge in [-0.2, -0.15) is 5.26 Å². The molecule has 1 aromatic heterocycles. The van der Waals surface area contributed by atoms with Crippen LogP contribution in [0.2, 0.25) is 0 Å². The lowest BCUT2D eigenvalue weighted by molar-refractivity contribution is 0.202. The van der Waals surface area contributed by atoms with Crippen LogP contribution >= 0.6 is 11.3 Å². The molecule has 0 saturated heterocycles. The Balaban J connectivity index is 2.48. The summed E-state index contributed by atoms with van der Waals surface area (Å²) >= 11 is 1.58. The van der Waals surface area contributed by atoms with E-state index in [1.54, 1.807) is 24.6 Å². The smallest absolute Gasteiger partial charge is 0.0950 e. The minimum absolute atomic E-state index is 0.463. The van der Waals surface area contributed by atoms with Gasteiger partial charge < -0.3 is 4.74 Å². The predicted octanol–water partition coefficient (Wildman–Crippen LogP) is 1.40. The van der Waals surface area contributed by atoms with Crippen molar-refractivity contribution in [1.29, 1.82) is 5.26 Å². The Morgan fingerprint density at radius 1 is 1.75 bits per heavy atom. The van der Waals surface area contributed by atoms with Gasteiger partial charge in [0.15, 0.2) is 0 Å². The number of thiazole rings is 1. The summed E-state index contributed by atoms with van der Waals surface area (Å²) in [6.07, 6.45) is 3.07. The molecule has 0 aliphatic rings. The van der Waals surface area contributed by atoms with Gasteiger partial charge in [0.1, 0.15) is 0 Å². The molecule has 0 aliphatic heterocycles. The SMILES string of the molecule is COCCc1ncc(CC#N)s1. The molecule has 0 aliphatic carbocycles. The van der Waals surface area contributed by atoms with Crippen molar-refractivity contribution in [2.45, 2.75) is 12.8 Å². The number of aromatic nitrogens is 1. The van der Waals surface area contributed by atoms with E-state index in [-0.39, 0.29) is 0 Å². The van der Waals surface area contributed by atoms with Gasteiger partial charge in [0.25, 0.3) is 0 Å². The van der Waals surface area contributed by atoms with Gasteiger partial charge in [0.05, 0.1) is 24.1 Å². The second kappa shape index (κ2) is 4.86. The number of methoxy groups -OCH3 is 1. The van der Waals surface area contributed by atoms with Gasteiger partial charge in [-0.15, -0.1) is 11.3 Å². The van der Waals surface area contributed by atoms with Crippen LogP contribution in [0.1, 0.15) is 9.88 Å². The van der Waals surface area contributed by atoms with Crippen molar-refractivity contribution in [3.63, 3.8) is 0 Å². The summed E-state index contributed by atoms with van der Waals surface area (Å²) in [4.78, 5) is 5.19. The molecule has 1 heterocycles. The Kier molecular flexibility index (Phi) is 3.71. The Labute approximate surface area is 75.6 Å². The first kappa shape index (κ1) is 9.17. The number of hydrogen-bond acceptors (Lipinski definition) is 4. The number of nitriles is 1. The number of ether oxygens (including phenoxy) is 1. The van der Waals surface area contributed by atoms with Gasteiger partial charge in [-0.1, -0.05) is 0 Å². The van der Waals surface area contributed by atoms with E-state index in [4.69, 9.17) is 10.00 Å². The van der Waals surface area contributed by atoms with Crippen LogP contribution in [-0.2, 0) is 17.6 Å². The average Bonchev–Trinajstić information content (AvgIpc) is 2.50. The first-order chi connectivity index (χ1) is 5.86. The summed E-state index contributed by atoms with van der Waals surface area (Å²) in [5, 5.41) is 9.45. The molecule has 12 heavy (non-hydrogen) atoms. The summed E-state index contributed by atoms with van der Waals surface area (Å²) in [5.41, 5.74) is 0. The van der Waals surface area contributed by atoms with Gasteiger partial charge in [-0.25, -0.2) is 4.98 Å². The highest BCUT2D eigenvalue weighted by molar-refractivity contribution is 7.11. The van der Waals surface area contributed by atoms with E-state index in [0.29, 0.717) is 13.0 Å². The molecule has 0 atom stereocenters. The molecule has 0 amide bonds. The Bertz CT molecular complexity index is 277. The molecule has 4 heteroatoms. The quantitative estimate of drug-likeness (QED) is 0.707. The molecule has 0 spiro atoms. The summed E-state index contributed by atoms with van der Waals surface area (Å²) in [6.45, 7) is 0.694. The van der Waals surface area contributed by atoms with E-state index in [1.165, 1.54) is 0 Å². The Morgan fingerprint density at radius 2 is 2.58 bits per heavy atom. The highest BCUT2D eigenvalue weighted by atomic mass is 32.1. The summed E-state index contributed by atoms with van der Waals surface area (Å²) in [6, 6.07) is 2.09. The van der Waals surface area contributed by atoms with E-state index >= 15 is 0 Å². The molecule has 0 saturated carbocycles. The van der Waals surface area contributed by atoms with Gasteiger partial charge in [0.2, 0.25) is 0 Å². The molecule has 64 valence electrons. The highest BCUT2D eigenvalue weighted by Gasteiger charge is 2.00. The third-order valence-corrected chi connectivity index (χ3v) is 2.43. The predicted molar refractivity (Wildman–Crippen MR) is 47.0 cm³/mol. The fourth-order valence-electron chi connectivity index (χ4n) is 0.813. The third-order valence-electron chi connectivity index (χ3n) is 1.37. The largest absolute Gasteiger partial charge is 0.384 e. The van der Waals surface area contributed by atoms with E-state index in [9.17, 15) is 0 Å². The van der Waals surface area contributed by atoms with Crippen LogP contribution in [0.25, 0.3) is 0 Å². The summed E-state index contributed by atoms with van der Waals surface area (Å²) < 4.78 is 4.92. The van der Waals surface area contributed by atoms with Crippen molar-refractivity contribution in [2.75, 3.05) is 13.7 Å². The van der Waals surface area contributed by atoms with Gasteiger partial charge in [-0.05, 0) is 0 Å². The lowest BCUT2D eigenvalue weighted by atomic mass is 10.4. The van der Waals surface area contributed by atoms with Gasteiger partial charge in [0, 0.05) is 24.6 Å². The van der Waals surface area contributed by atoms with Crippen LogP contribution < -0.4 is 0 Å². The molecule has 0 aromatic carbocycles. The van der Waals surface area contributed by atoms with Gasteiger partial charge >= 0.3 is 0 Å². The minimum Gasteiger partial charge on any atom is -0.384 e. The zero-order valence-electron chi connectivity index (χ0n) is 6.91. The van der Waals surface area contributed by atoms with Crippen LogP contribution in [0.5, 0.6) is 0 Å². The molecule has 0 radical (unpaired) electrons. The maximum atomic E-state index is 8.41. The van der Waals surface area contributed by atoms with Crippen molar-refractivity contribution < 1.29 is 4.74 Å². The average molecular weight is 182 g/mol. The number of rotatable bonds is 4. The number of hydrogen-bond donors (Lipinski definition) is 0. The Morgan fingerprint density at radius 3 is 3.25 bits per heavy atom. The van der Waals surface area contributed by atoms with Crippen molar-refractivity contribution >= 4 is 11.3 Å². The normalized spacial score (nSPS) is 9.67. The lowest BCUT2D eigenvalue weighted by Gasteiger charge is -1.92. The van der Waals surface area contributed by atoms with Crippen molar-refractivity contribution in [1.82, 2.24) is 4.98 Å². The van der Waals surface area contributed by atoms with Crippen molar-refractivity contribution in [2.24, 2.45) is 0 Å². The Hall–Kier alpha value is -0.920. The second-order valence-electron chi connectivity index (χ2n) is 2.30. The maximum absolute atomic E-state index is 8.41. The van der Waals surface area contributed by atoms with Crippen molar-refractivity contribution in [3.05, 3.63) is 16.1 Å². The fourth-order valence-corrected chi connectivity index (χ4v) is 1.65. The molecule has 0 fully saturated rings. The summed E-state index contributed by atoms with van der Waals surface area (Å²) in [5.74, 6) is 0. The van der Waals surface area contributed by atoms with Crippen LogP contribution in [0, 0.1) is 11.3 Å². The molecule has 0 N–H and O–H groups in total. The first-order valence-corrected chi connectivity index (χ1v) is 4.48. The number of nitrogens with zero attached hydrogens (tertiary/aromatic N) is 2. The highest BCUT2D eigenvalue weighted by Crippen LogP contribution is 2.13. The monoisotopic (exact) mass is 182 g/mol. The van der Waals surface area contributed by atoms with Crippen LogP contribution in [0.3, 0.4) is 0 Å². The maximum Gasteiger partial charge on any atom is 0.0950 e. The third kappa shape index (κ3) is 2.61. The second-order valence-corrected chi connectivity index (χ2v) is 3.50. The molecule has 1 rings (SSSR count). The zero-order valence-corrected chi connectivity index (χ0v) is 7.73. The lowest BCUT2D eigenvalue weighted by Crippen LogP contribution is -1.92. The van der Waals surface area contributed by atoms with Crippen LogP contribution in [-0.4, -0.2) is 18.7 Å². The first-order valence-electron chi connectivity index (χ1n) is 3.66. The fraction of sp³-hybridized carbons (Fsp3) is 0.500. The summed E-state index contributed by atoms with van der Waals surface area (Å²) in [7, 11) is 1.67. The molecule has 1 aromatic rings. The van der Waals surface area contributed by atoms with Gasteiger partial charge in [-0.3, -0.25) is 0 Å². The topological polar surface area (TPSA) is 45.9 Å². The van der Waals surface area contributed by atoms with E-state index in [2.05, 4.69) is 11.1 Å².